The van der Waals surface area contributed by atoms with Crippen molar-refractivity contribution in [2.75, 3.05) is 40.4 Å². The zero-order valence-corrected chi connectivity index (χ0v) is 21.9. The fraction of sp³-hybridized carbons (Fsp3) is 0.524. The number of halogens is 1. The Kier molecular flexibility index (Phi) is 10.4. The van der Waals surface area contributed by atoms with Crippen LogP contribution in [-0.2, 0) is 21.3 Å². The van der Waals surface area contributed by atoms with Gasteiger partial charge in [0.25, 0.3) is 0 Å². The van der Waals surface area contributed by atoms with Crippen LogP contribution < -0.4 is 10.0 Å². The van der Waals surface area contributed by atoms with Crippen LogP contribution >= 0.6 is 24.0 Å². The highest BCUT2D eigenvalue weighted by molar-refractivity contribution is 14.0. The first-order valence-electron chi connectivity index (χ1n) is 10.4. The number of nitrogens with one attached hydrogen (secondary N) is 2. The van der Waals surface area contributed by atoms with Gasteiger partial charge in [0.05, 0.1) is 23.9 Å². The third kappa shape index (κ3) is 6.90. The lowest BCUT2D eigenvalue weighted by Crippen LogP contribution is -2.48. The van der Waals surface area contributed by atoms with E-state index in [9.17, 15) is 8.42 Å². The zero-order chi connectivity index (χ0) is 22.3. The summed E-state index contributed by atoms with van der Waals surface area (Å²) < 4.78 is 34.5. The molecule has 2 heterocycles. The largest absolute Gasteiger partial charge is 0.383 e. The van der Waals surface area contributed by atoms with E-state index in [0.29, 0.717) is 25.1 Å². The first-order valence-corrected chi connectivity index (χ1v) is 11.9. The van der Waals surface area contributed by atoms with Gasteiger partial charge in [-0.05, 0) is 30.0 Å². The van der Waals surface area contributed by atoms with Crippen molar-refractivity contribution in [3.8, 4) is 0 Å². The molecule has 1 aliphatic heterocycles. The van der Waals surface area contributed by atoms with Gasteiger partial charge in [-0.2, -0.15) is 0 Å². The van der Waals surface area contributed by atoms with Crippen LogP contribution in [-0.4, -0.2) is 69.2 Å². The summed E-state index contributed by atoms with van der Waals surface area (Å²) in [6, 6.07) is 7.27. The number of methoxy groups -OCH3 is 1. The first kappa shape index (κ1) is 26.6. The fourth-order valence-corrected chi connectivity index (χ4v) is 4.88. The van der Waals surface area contributed by atoms with E-state index in [1.165, 1.54) is 7.11 Å². The van der Waals surface area contributed by atoms with E-state index in [4.69, 9.17) is 4.74 Å². The molecule has 9 nitrogen and oxygen atoms in total. The molecule has 0 aliphatic carbocycles. The number of hydrogen-bond acceptors (Lipinski definition) is 5. The Bertz CT molecular complexity index is 968. The molecule has 1 aliphatic rings. The van der Waals surface area contributed by atoms with Gasteiger partial charge < -0.3 is 19.5 Å². The maximum atomic E-state index is 12.5. The van der Waals surface area contributed by atoms with Gasteiger partial charge in [-0.25, -0.2) is 18.1 Å². The average Bonchev–Trinajstić information content (AvgIpc) is 3.30. The van der Waals surface area contributed by atoms with Crippen molar-refractivity contribution < 1.29 is 13.2 Å². The Balaban J connectivity index is 0.00000363. The number of hydrogen-bond donors (Lipinski definition) is 2. The van der Waals surface area contributed by atoms with Crippen molar-refractivity contribution in [2.45, 2.75) is 30.8 Å². The second kappa shape index (κ2) is 12.5. The van der Waals surface area contributed by atoms with E-state index < -0.39 is 10.0 Å². The highest BCUT2D eigenvalue weighted by Gasteiger charge is 2.28. The molecule has 0 radical (unpaired) electrons. The van der Waals surface area contributed by atoms with Crippen LogP contribution in [0.4, 0.5) is 0 Å². The molecule has 3 rings (SSSR count). The molecule has 1 fully saturated rings. The van der Waals surface area contributed by atoms with Crippen LogP contribution in [0.25, 0.3) is 0 Å². The van der Waals surface area contributed by atoms with Gasteiger partial charge in [0.1, 0.15) is 0 Å². The van der Waals surface area contributed by atoms with Crippen LogP contribution in [0, 0.1) is 5.92 Å². The molecule has 2 atom stereocenters. The number of sulfonamides is 1. The number of aliphatic imine (C=N–C) groups is 1. The number of rotatable bonds is 8. The molecule has 1 saturated heterocycles. The molecule has 1 aromatic heterocycles. The van der Waals surface area contributed by atoms with E-state index in [0.717, 1.165) is 31.0 Å². The maximum Gasteiger partial charge on any atom is 0.240 e. The molecule has 11 heteroatoms. The topological polar surface area (TPSA) is 101 Å². The number of imidazole rings is 1. The molecule has 2 unspecified atom stereocenters. The SMILES string of the molecule is CN=C(NCc1cccc(S(=O)(=O)NCCOC)c1)N1CCC(C)C(n2ccnc2)C1.I. The molecule has 0 amide bonds. The van der Waals surface area contributed by atoms with Crippen molar-refractivity contribution in [3.63, 3.8) is 0 Å². The lowest BCUT2D eigenvalue weighted by Gasteiger charge is -2.39. The number of benzene rings is 1. The maximum absolute atomic E-state index is 12.5. The summed E-state index contributed by atoms with van der Waals surface area (Å²) in [5.74, 6) is 1.36. The smallest absolute Gasteiger partial charge is 0.240 e. The minimum absolute atomic E-state index is 0. The van der Waals surface area contributed by atoms with E-state index in [1.54, 1.807) is 25.2 Å². The van der Waals surface area contributed by atoms with E-state index in [2.05, 4.69) is 36.4 Å². The Morgan fingerprint density at radius 1 is 1.38 bits per heavy atom. The molecular weight excluding hydrogens is 543 g/mol. The van der Waals surface area contributed by atoms with Crippen LogP contribution in [0.5, 0.6) is 0 Å². The number of ether oxygens (including phenoxy) is 1. The van der Waals surface area contributed by atoms with Crippen molar-refractivity contribution in [1.29, 1.82) is 0 Å². The monoisotopic (exact) mass is 576 g/mol. The summed E-state index contributed by atoms with van der Waals surface area (Å²) >= 11 is 0. The van der Waals surface area contributed by atoms with Gasteiger partial charge in [0.2, 0.25) is 10.0 Å². The average molecular weight is 577 g/mol. The number of piperidine rings is 1. The number of likely N-dealkylation sites (tertiary alicyclic amines) is 1. The molecule has 2 N–H and O–H groups in total. The second-order valence-corrected chi connectivity index (χ2v) is 9.49. The second-order valence-electron chi connectivity index (χ2n) is 7.73. The molecule has 2 aromatic rings. The summed E-state index contributed by atoms with van der Waals surface area (Å²) in [5, 5.41) is 3.38. The Morgan fingerprint density at radius 2 is 2.19 bits per heavy atom. The predicted molar refractivity (Wildman–Crippen MR) is 136 cm³/mol. The highest BCUT2D eigenvalue weighted by atomic mass is 127. The summed E-state index contributed by atoms with van der Waals surface area (Å²) in [5.41, 5.74) is 0.868. The number of guanidine groups is 1. The van der Waals surface area contributed by atoms with Crippen molar-refractivity contribution in [2.24, 2.45) is 10.9 Å². The molecular formula is C21H33IN6O3S. The summed E-state index contributed by atoms with van der Waals surface area (Å²) in [4.78, 5) is 11.1. The third-order valence-corrected chi connectivity index (χ3v) is 7.05. The van der Waals surface area contributed by atoms with Crippen LogP contribution in [0.3, 0.4) is 0 Å². The summed E-state index contributed by atoms with van der Waals surface area (Å²) in [7, 11) is -0.258. The minimum atomic E-state index is -3.57. The van der Waals surface area contributed by atoms with E-state index >= 15 is 0 Å². The molecule has 0 bridgehead atoms. The summed E-state index contributed by atoms with van der Waals surface area (Å²) in [6.45, 7) is 5.07. The van der Waals surface area contributed by atoms with Gasteiger partial charge in [-0.15, -0.1) is 24.0 Å². The van der Waals surface area contributed by atoms with Gasteiger partial charge in [-0.3, -0.25) is 4.99 Å². The van der Waals surface area contributed by atoms with Crippen LogP contribution in [0.2, 0.25) is 0 Å². The van der Waals surface area contributed by atoms with Crippen molar-refractivity contribution >= 4 is 40.0 Å². The Morgan fingerprint density at radius 3 is 2.88 bits per heavy atom. The lowest BCUT2D eigenvalue weighted by molar-refractivity contribution is 0.189. The van der Waals surface area contributed by atoms with E-state index in [1.807, 2.05) is 24.8 Å². The molecule has 1 aromatic carbocycles. The molecule has 178 valence electrons. The van der Waals surface area contributed by atoms with Gasteiger partial charge in [0.15, 0.2) is 5.96 Å². The standard InChI is InChI=1S/C21H32N6O3S.HI/c1-17-7-10-26(15-20(17)27-11-8-23-16-27)21(22-2)24-14-18-5-4-6-19(13-18)31(28,29)25-9-12-30-3;/h4-6,8,11,13,16-17,20,25H,7,9-10,12,14-15H2,1-3H3,(H,22,24);1H. The summed E-state index contributed by atoms with van der Waals surface area (Å²) in [6.07, 6.45) is 6.75. The Labute approximate surface area is 207 Å². The van der Waals surface area contributed by atoms with Crippen molar-refractivity contribution in [3.05, 3.63) is 48.5 Å². The van der Waals surface area contributed by atoms with Crippen molar-refractivity contribution in [1.82, 2.24) is 24.5 Å². The van der Waals surface area contributed by atoms with Gasteiger partial charge in [0, 0.05) is 52.7 Å². The molecule has 32 heavy (non-hydrogen) atoms. The normalized spacial score (nSPS) is 19.5. The van der Waals surface area contributed by atoms with Gasteiger partial charge >= 0.3 is 0 Å². The lowest BCUT2D eigenvalue weighted by atomic mass is 9.93. The number of nitrogens with zero attached hydrogens (tertiary/aromatic N) is 4. The molecule has 0 saturated carbocycles. The van der Waals surface area contributed by atoms with Crippen LogP contribution in [0.15, 0.2) is 52.9 Å². The quantitative estimate of drug-likeness (QED) is 0.216. The fourth-order valence-electron chi connectivity index (χ4n) is 3.79. The Hall–Kier alpha value is -1.70. The first-order chi connectivity index (χ1) is 14.9. The minimum Gasteiger partial charge on any atom is -0.383 e. The predicted octanol–water partition coefficient (Wildman–Crippen LogP) is 2.08. The molecule has 0 spiro atoms. The number of aromatic nitrogens is 2. The zero-order valence-electron chi connectivity index (χ0n) is 18.8. The highest BCUT2D eigenvalue weighted by Crippen LogP contribution is 2.27. The van der Waals surface area contributed by atoms with Crippen LogP contribution in [0.1, 0.15) is 24.9 Å². The third-order valence-electron chi connectivity index (χ3n) is 5.60. The van der Waals surface area contributed by atoms with Gasteiger partial charge in [-0.1, -0.05) is 19.1 Å². The van der Waals surface area contributed by atoms with E-state index in [-0.39, 0.29) is 35.4 Å².